The Morgan fingerprint density at radius 1 is 1.05 bits per heavy atom. The molecule has 0 aliphatic rings. The molecule has 0 aromatic carbocycles. The van der Waals surface area contributed by atoms with Gasteiger partial charge in [-0.05, 0) is 0 Å². The van der Waals surface area contributed by atoms with Gasteiger partial charge in [-0.25, -0.2) is 0 Å². The standard InChI is InChI=1S/ClH.3K.HNO3.Na.H3O4P.H2O4S/c;;;;2-1(3)4;;2*1-5(2,3)4/h1H;;;;(H,2,3,4);;(H3,1,2,3,4);(H2,1,2,3,4)/q;3*+1;;+1;;/p-4. The van der Waals surface area contributed by atoms with Crippen molar-refractivity contribution in [3.8, 4) is 0 Å². The van der Waals surface area contributed by atoms with Gasteiger partial charge in [-0.1, -0.05) is 0 Å². The van der Waals surface area contributed by atoms with Crippen molar-refractivity contribution in [1.82, 2.24) is 0 Å². The third kappa shape index (κ3) is 369. The summed E-state index contributed by atoms with van der Waals surface area (Å²) in [4.78, 5) is 31.3. The van der Waals surface area contributed by atoms with Gasteiger partial charge >= 0.3 is 184 Å². The summed E-state index contributed by atoms with van der Waals surface area (Å²) in [7, 11) is -10.1. The van der Waals surface area contributed by atoms with E-state index in [0.29, 0.717) is 0 Å². The summed E-state index contributed by atoms with van der Waals surface area (Å²) >= 11 is 0. The van der Waals surface area contributed by atoms with E-state index in [0.717, 1.165) is 0 Å². The Balaban J connectivity index is -0.0000000141. The maximum Gasteiger partial charge on any atom is 1.00 e. The summed E-state index contributed by atoms with van der Waals surface area (Å²) in [5.74, 6) is 0. The van der Waals surface area contributed by atoms with Crippen LogP contribution in [-0.2, 0) is 15.0 Å². The fourth-order valence-corrected chi connectivity index (χ4v) is 0. The van der Waals surface area contributed by atoms with E-state index in [-0.39, 0.29) is 196 Å². The predicted octanol–water partition coefficient (Wildman–Crippen LogP) is -18.2. The summed E-state index contributed by atoms with van der Waals surface area (Å²) in [5.41, 5.74) is 0. The van der Waals surface area contributed by atoms with Gasteiger partial charge in [0.05, 0.1) is 0 Å². The van der Waals surface area contributed by atoms with Crippen molar-refractivity contribution < 1.29 is 243 Å². The van der Waals surface area contributed by atoms with Crippen LogP contribution in [0.3, 0.4) is 0 Å². The van der Waals surface area contributed by atoms with E-state index in [1.54, 1.807) is 0 Å². The predicted molar refractivity (Wildman–Crippen MR) is 31.3 cm³/mol. The molecule has 19 heavy (non-hydrogen) atoms. The van der Waals surface area contributed by atoms with E-state index < -0.39 is 23.3 Å². The van der Waals surface area contributed by atoms with Crippen molar-refractivity contribution in [1.29, 1.82) is 0 Å². The molecule has 0 saturated heterocycles. The van der Waals surface area contributed by atoms with Gasteiger partial charge in [-0.2, -0.15) is 0 Å². The molecule has 0 radical (unpaired) electrons. The number of nitrogens with zero attached hydrogens (tertiary/aromatic N) is 1. The van der Waals surface area contributed by atoms with Crippen molar-refractivity contribution >= 4 is 18.2 Å². The third-order valence-corrected chi connectivity index (χ3v) is 0. The molecule has 12 nitrogen and oxygen atoms in total. The van der Waals surface area contributed by atoms with Crippen LogP contribution in [-0.4, -0.2) is 37.6 Å². The number of hydrogen-bond acceptors (Lipinski definition) is 8. The van der Waals surface area contributed by atoms with E-state index in [9.17, 15) is 0 Å². The molecule has 0 unspecified atom stereocenters. The van der Waals surface area contributed by atoms with Crippen LogP contribution in [0.4, 0.5) is 0 Å². The molecule has 0 saturated carbocycles. The zero-order valence-electron chi connectivity index (χ0n) is 10.3. The first-order valence-corrected chi connectivity index (χ1v) is 4.86. The molecule has 0 spiro atoms. The summed E-state index contributed by atoms with van der Waals surface area (Å²) in [6, 6.07) is 0. The SMILES string of the molecule is O=P([O-])(O)O.O=S(=O)([O-])[O-].O=[N+]([O-])O.[Cl-].[K+].[K+].[K+].[Na+]. The first-order valence-electron chi connectivity index (χ1n) is 2.00. The second kappa shape index (κ2) is 28.2. The molecule has 0 bridgehead atoms. The molecule has 0 aromatic rings. The van der Waals surface area contributed by atoms with Crippen molar-refractivity contribution in [2.24, 2.45) is 0 Å². The van der Waals surface area contributed by atoms with Crippen LogP contribution in [0.15, 0.2) is 0 Å². The van der Waals surface area contributed by atoms with Gasteiger partial charge in [0.15, 0.2) is 0 Å². The van der Waals surface area contributed by atoms with Gasteiger partial charge in [-0.3, -0.25) is 13.0 Å². The van der Waals surface area contributed by atoms with Crippen molar-refractivity contribution in [3.05, 3.63) is 10.1 Å². The molecule has 0 atom stereocenters. The summed E-state index contributed by atoms with van der Waals surface area (Å²) < 4.78 is 42.9. The summed E-state index contributed by atoms with van der Waals surface area (Å²) in [6.07, 6.45) is 0. The summed E-state index contributed by atoms with van der Waals surface area (Å²) in [5, 5.41) is 13.6. The molecule has 0 aliphatic heterocycles. The first-order chi connectivity index (χ1) is 5.73. The zero-order chi connectivity index (χ0) is 12.6. The smallest absolute Gasteiger partial charge is 1.00 e. The Bertz CT molecular complexity index is 283. The molecule has 0 rings (SSSR count). The second-order valence-corrected chi connectivity index (χ2v) is 2.93. The van der Waals surface area contributed by atoms with E-state index >= 15 is 0 Å². The fraction of sp³-hybridized carbons (Fsp3) is 0. The minimum absolute atomic E-state index is 0. The number of hydrogen-bond donors (Lipinski definition) is 3. The van der Waals surface area contributed by atoms with Crippen LogP contribution >= 0.6 is 7.82 Å². The Kier molecular flexibility index (Phi) is 73.7. The van der Waals surface area contributed by atoms with E-state index in [1.165, 1.54) is 0 Å². The zero-order valence-corrected chi connectivity index (χ0v) is 24.1. The van der Waals surface area contributed by atoms with Gasteiger partial charge in [0.2, 0.25) is 0 Å². The summed E-state index contributed by atoms with van der Waals surface area (Å²) in [6.45, 7) is 0. The Morgan fingerprint density at radius 3 is 1.05 bits per heavy atom. The average molecular weight is 432 g/mol. The molecular weight excluding hydrogens is 429 g/mol. The fourth-order valence-electron chi connectivity index (χ4n) is 0. The number of rotatable bonds is 0. The minimum Gasteiger partial charge on any atom is -1.00 e. The number of halogens is 1. The molecule has 0 amide bonds. The van der Waals surface area contributed by atoms with Gasteiger partial charge < -0.3 is 41.4 Å². The molecule has 0 aliphatic carbocycles. The monoisotopic (exact) mass is 431 g/mol. The van der Waals surface area contributed by atoms with Gasteiger partial charge in [-0.15, -0.1) is 10.1 Å². The van der Waals surface area contributed by atoms with E-state index in [1.807, 2.05) is 0 Å². The van der Waals surface area contributed by atoms with Crippen LogP contribution in [0.5, 0.6) is 0 Å². The van der Waals surface area contributed by atoms with Crippen LogP contribution in [0, 0.1) is 10.1 Å². The second-order valence-electron chi connectivity index (χ2n) is 1.14. The van der Waals surface area contributed by atoms with Crippen LogP contribution < -0.4 is 201 Å². The van der Waals surface area contributed by atoms with Crippen molar-refractivity contribution in [2.75, 3.05) is 0 Å². The molecule has 0 fully saturated rings. The van der Waals surface area contributed by atoms with Gasteiger partial charge in [0.25, 0.3) is 12.9 Å². The molecule has 3 N–H and O–H groups in total. The van der Waals surface area contributed by atoms with Crippen molar-refractivity contribution in [3.63, 3.8) is 0 Å². The largest absolute Gasteiger partial charge is 1.00 e. The van der Waals surface area contributed by atoms with Crippen LogP contribution in [0.1, 0.15) is 0 Å². The normalized spacial score (nSPS) is 7.42. The quantitative estimate of drug-likeness (QED) is 0.0814. The van der Waals surface area contributed by atoms with E-state index in [2.05, 4.69) is 0 Å². The first kappa shape index (κ1) is 49.7. The Morgan fingerprint density at radius 2 is 1.05 bits per heavy atom. The third-order valence-electron chi connectivity index (χ3n) is 0. The topological polar surface area (TPSA) is 224 Å². The maximum atomic E-state index is 8.77. The molecule has 96 valence electrons. The maximum absolute atomic E-state index is 8.77. The van der Waals surface area contributed by atoms with Gasteiger partial charge in [0.1, 0.15) is 0 Å². The van der Waals surface area contributed by atoms with Crippen molar-refractivity contribution in [2.45, 2.75) is 0 Å². The number of phosphoric acid groups is 1. The van der Waals surface area contributed by atoms with Crippen LogP contribution in [0.2, 0.25) is 0 Å². The molecule has 19 heteroatoms. The van der Waals surface area contributed by atoms with Gasteiger partial charge in [0, 0.05) is 10.4 Å². The Hall–Kier alpha value is 5.38. The minimum atomic E-state index is -5.17. The van der Waals surface area contributed by atoms with E-state index in [4.69, 9.17) is 52.1 Å². The average Bonchev–Trinajstić information content (AvgIpc) is 1.45. The molecular formula is H3ClK3NNaO11PS. The molecule has 0 heterocycles. The molecule has 0 aromatic heterocycles. The Labute approximate surface area is 264 Å². The van der Waals surface area contributed by atoms with Crippen LogP contribution in [0.25, 0.3) is 0 Å².